The lowest BCUT2D eigenvalue weighted by molar-refractivity contribution is -0.954. The van der Waals surface area contributed by atoms with Gasteiger partial charge in [0.15, 0.2) is 12.4 Å². The van der Waals surface area contributed by atoms with Crippen molar-refractivity contribution in [3.63, 3.8) is 0 Å². The van der Waals surface area contributed by atoms with Crippen molar-refractivity contribution in [2.45, 2.75) is 45.0 Å². The molecule has 1 unspecified atom stereocenters. The van der Waals surface area contributed by atoms with Crippen LogP contribution in [0.2, 0.25) is 19.6 Å². The molecule has 5 heterocycles. The second-order valence-electron chi connectivity index (χ2n) is 15.7. The molecule has 0 saturated heterocycles. The van der Waals surface area contributed by atoms with Gasteiger partial charge in [-0.2, -0.15) is 0 Å². The Morgan fingerprint density at radius 3 is 2.04 bits per heavy atom. The Hall–Kier alpha value is -5.58. The first-order chi connectivity index (χ1) is 25.1. The third-order valence-corrected chi connectivity index (χ3v) is 13.8. The minimum Gasteiger partial charge on any atom is -0.455 e. The van der Waals surface area contributed by atoms with Crippen LogP contribution >= 0.6 is 0 Å². The van der Waals surface area contributed by atoms with Gasteiger partial charge in [-0.05, 0) is 74.8 Å². The normalized spacial score (nSPS) is 16.7. The van der Waals surface area contributed by atoms with Gasteiger partial charge >= 0.3 is 5.66 Å². The number of pyridine rings is 2. The number of hydrogen-bond acceptors (Lipinski definition) is 1. The molecule has 0 radical (unpaired) electrons. The smallest absolute Gasteiger partial charge is 0.417 e. The molecule has 0 bridgehead atoms. The summed E-state index contributed by atoms with van der Waals surface area (Å²) < 4.78 is 21.2. The number of aromatic nitrogens is 2. The maximum absolute atomic E-state index is 9.10. The van der Waals surface area contributed by atoms with Crippen molar-refractivity contribution in [2.24, 2.45) is 0 Å². The number of rotatable bonds is 2. The lowest BCUT2D eigenvalue weighted by atomic mass is 9.88. The average molecular weight is 676 g/mol. The Balaban J connectivity index is 1.33. The van der Waals surface area contributed by atoms with E-state index in [0.29, 0.717) is 0 Å². The monoisotopic (exact) mass is 675 g/mol. The molecule has 2 aliphatic heterocycles. The van der Waals surface area contributed by atoms with Crippen LogP contribution in [0, 0.1) is 0 Å². The molecular weight excluding hydrogens is 637 g/mol. The van der Waals surface area contributed by atoms with Crippen LogP contribution in [-0.2, 0) is 5.66 Å². The third kappa shape index (κ3) is 3.58. The minimum atomic E-state index is -1.67. The van der Waals surface area contributed by atoms with Gasteiger partial charge in [0, 0.05) is 40.9 Å². The van der Waals surface area contributed by atoms with E-state index in [0.717, 1.165) is 38.8 Å². The van der Waals surface area contributed by atoms with Crippen molar-refractivity contribution in [1.29, 1.82) is 0 Å². The molecule has 2 aliphatic rings. The second kappa shape index (κ2) is 9.80. The van der Waals surface area contributed by atoms with Gasteiger partial charge in [-0.3, -0.25) is 0 Å². The van der Waals surface area contributed by atoms with Crippen LogP contribution in [-0.4, -0.2) is 8.07 Å². The maximum Gasteiger partial charge on any atom is 0.417 e. The molecule has 4 heteroatoms. The largest absolute Gasteiger partial charge is 0.455 e. The number of nitrogens with zero attached hydrogens (tertiary/aromatic N) is 2. The fraction of sp³-hybridized carbons (Fsp3) is 0.149. The fourth-order valence-corrected chi connectivity index (χ4v) is 10.5. The predicted molar refractivity (Wildman–Crippen MR) is 213 cm³/mol. The van der Waals surface area contributed by atoms with E-state index >= 15 is 0 Å². The summed E-state index contributed by atoms with van der Waals surface area (Å²) in [6.07, 6.45) is 4.66. The molecule has 1 spiro atoms. The van der Waals surface area contributed by atoms with Gasteiger partial charge in [0.25, 0.3) is 0 Å². The fourth-order valence-electron chi connectivity index (χ4n) is 9.38. The SMILES string of the molecule is [2H]C(C)(C)c1cc[n+]2c(c1)-c1c(ccc3c1oc1ccc4c5ccccc5c5ccccc5c4c13)C21c2ccccc2-c2ccc([Si](C)(C)C)c[n+]21. The van der Waals surface area contributed by atoms with E-state index in [2.05, 4.69) is 162 Å². The van der Waals surface area contributed by atoms with E-state index < -0.39 is 19.6 Å². The zero-order valence-corrected chi connectivity index (χ0v) is 30.5. The summed E-state index contributed by atoms with van der Waals surface area (Å²) in [6.45, 7) is 11.2. The standard InChI is InChI=1S/C47H38N2OSi/c1-28(2)29-24-25-48-41(26-29)45-39(47(48)38-17-11-10-16-36(38)40-22-18-30(27-49(40)47)51(3,4)5)21-19-37-44-42(50-46(37)45)23-20-35-33-14-7-6-12-31(33)32-13-8-9-15-34(32)43(35)44/h6-28H,1-5H3/q+2/i28D. The maximum atomic E-state index is 9.10. The van der Waals surface area contributed by atoms with E-state index in [1.54, 1.807) is 0 Å². The zero-order valence-electron chi connectivity index (χ0n) is 30.5. The Kier molecular flexibility index (Phi) is 5.41. The second-order valence-corrected chi connectivity index (χ2v) is 20.8. The quantitative estimate of drug-likeness (QED) is 0.101. The van der Waals surface area contributed by atoms with Crippen molar-refractivity contribution in [3.8, 4) is 22.5 Å². The summed E-state index contributed by atoms with van der Waals surface area (Å²) >= 11 is 0. The van der Waals surface area contributed by atoms with Crippen LogP contribution in [0.5, 0.6) is 0 Å². The van der Waals surface area contributed by atoms with Crippen LogP contribution in [0.1, 0.15) is 37.8 Å². The van der Waals surface area contributed by atoms with Crippen LogP contribution in [0.3, 0.4) is 0 Å². The van der Waals surface area contributed by atoms with Gasteiger partial charge in [-0.25, -0.2) is 0 Å². The lowest BCUT2D eigenvalue weighted by Crippen LogP contribution is -2.72. The zero-order chi connectivity index (χ0) is 35.3. The summed E-state index contributed by atoms with van der Waals surface area (Å²) in [5.74, 6) is -0.771. The summed E-state index contributed by atoms with van der Waals surface area (Å²) in [5.41, 5.74) is 9.19. The molecule has 51 heavy (non-hydrogen) atoms. The van der Waals surface area contributed by atoms with Crippen molar-refractivity contribution >= 4 is 67.5 Å². The van der Waals surface area contributed by atoms with Gasteiger partial charge in [-0.15, -0.1) is 9.13 Å². The van der Waals surface area contributed by atoms with Gasteiger partial charge < -0.3 is 4.42 Å². The molecule has 0 fully saturated rings. The Labute approximate surface area is 299 Å². The minimum absolute atomic E-state index is 0.658. The molecule has 3 aromatic heterocycles. The highest BCUT2D eigenvalue weighted by Crippen LogP contribution is 2.52. The van der Waals surface area contributed by atoms with Crippen LogP contribution in [0.4, 0.5) is 0 Å². The molecule has 0 N–H and O–H groups in total. The topological polar surface area (TPSA) is 20.9 Å². The number of fused-ring (bicyclic) bond motifs is 21. The Morgan fingerprint density at radius 2 is 1.29 bits per heavy atom. The molecule has 244 valence electrons. The molecule has 1 atom stereocenters. The van der Waals surface area contributed by atoms with Gasteiger partial charge in [-0.1, -0.05) is 100 Å². The highest BCUT2D eigenvalue weighted by molar-refractivity contribution is 6.88. The molecule has 11 rings (SSSR count). The highest BCUT2D eigenvalue weighted by Gasteiger charge is 2.67. The van der Waals surface area contributed by atoms with E-state index in [-0.39, 0.29) is 0 Å². The van der Waals surface area contributed by atoms with Crippen LogP contribution in [0.25, 0.3) is 76.8 Å². The van der Waals surface area contributed by atoms with Gasteiger partial charge in [0.1, 0.15) is 27.9 Å². The van der Waals surface area contributed by atoms with Crippen molar-refractivity contribution in [2.75, 3.05) is 0 Å². The first-order valence-electron chi connectivity index (χ1n) is 18.5. The molecule has 6 aromatic carbocycles. The van der Waals surface area contributed by atoms with E-state index in [1.807, 2.05) is 13.8 Å². The Bertz CT molecular complexity index is 3020. The summed E-state index contributed by atoms with van der Waals surface area (Å²) in [5, 5.41) is 11.2. The summed E-state index contributed by atoms with van der Waals surface area (Å²) in [4.78, 5) is 0. The first-order valence-corrected chi connectivity index (χ1v) is 21.5. The van der Waals surface area contributed by atoms with Crippen molar-refractivity contribution in [1.82, 2.24) is 0 Å². The molecule has 0 saturated carbocycles. The highest BCUT2D eigenvalue weighted by atomic mass is 28.3. The number of hydrogen-bond donors (Lipinski definition) is 0. The predicted octanol–water partition coefficient (Wildman–Crippen LogP) is 10.5. The van der Waals surface area contributed by atoms with E-state index in [1.165, 1.54) is 59.9 Å². The van der Waals surface area contributed by atoms with Gasteiger partial charge in [0.2, 0.25) is 11.4 Å². The van der Waals surface area contributed by atoms with Crippen LogP contribution < -0.4 is 14.3 Å². The summed E-state index contributed by atoms with van der Waals surface area (Å²) in [6, 6.07) is 44.6. The summed E-state index contributed by atoms with van der Waals surface area (Å²) in [7, 11) is -1.67. The van der Waals surface area contributed by atoms with E-state index in [4.69, 9.17) is 5.79 Å². The first kappa shape index (κ1) is 28.2. The molecule has 0 amide bonds. The third-order valence-electron chi connectivity index (χ3n) is 11.8. The number of furan rings is 1. The molecule has 0 aliphatic carbocycles. The molecule has 9 aromatic rings. The molecular formula is C47H38N2OSi+2. The van der Waals surface area contributed by atoms with Gasteiger partial charge in [0.05, 0.1) is 13.6 Å². The molecule has 3 nitrogen and oxygen atoms in total. The Morgan fingerprint density at radius 1 is 0.627 bits per heavy atom. The van der Waals surface area contributed by atoms with Crippen molar-refractivity contribution in [3.05, 3.63) is 150 Å². The van der Waals surface area contributed by atoms with Crippen LogP contribution in [0.15, 0.2) is 138 Å². The van der Waals surface area contributed by atoms with E-state index in [9.17, 15) is 0 Å². The average Bonchev–Trinajstić information content (AvgIpc) is 3.77. The lowest BCUT2D eigenvalue weighted by Gasteiger charge is -2.20. The van der Waals surface area contributed by atoms with Crippen molar-refractivity contribution < 1.29 is 14.9 Å². The number of benzene rings is 6.